The van der Waals surface area contributed by atoms with Gasteiger partial charge in [-0.3, -0.25) is 4.79 Å². The quantitative estimate of drug-likeness (QED) is 0.0191. The summed E-state index contributed by atoms with van der Waals surface area (Å²) in [5.74, 6) is 59.0. The number of nitrogens with one attached hydrogen (secondary N) is 1. The van der Waals surface area contributed by atoms with Crippen LogP contribution in [-0.4, -0.2) is 79.6 Å². The Kier molecular flexibility index (Phi) is 37.4. The van der Waals surface area contributed by atoms with Crippen LogP contribution >= 0.6 is 0 Å². The van der Waals surface area contributed by atoms with E-state index in [2.05, 4.69) is 247 Å². The van der Waals surface area contributed by atoms with Crippen molar-refractivity contribution in [3.05, 3.63) is 10.4 Å². The minimum atomic E-state index is -2.51. The van der Waals surface area contributed by atoms with Crippen molar-refractivity contribution in [2.24, 2.45) is 22.9 Å². The molecule has 0 aromatic carbocycles. The molecule has 10 nitrogen and oxygen atoms in total. The second kappa shape index (κ2) is 41.7. The molecule has 1 fully saturated rings. The molecule has 0 aliphatic carbocycles. The van der Waals surface area contributed by atoms with Gasteiger partial charge in [-0.05, 0) is 161 Å². The highest BCUT2D eigenvalue weighted by Gasteiger charge is 2.48. The van der Waals surface area contributed by atoms with Crippen molar-refractivity contribution < 1.29 is 27.9 Å². The molecule has 1 saturated heterocycles. The molecule has 1 heterocycles. The molecular formula is C68H90N4O6Si2. The van der Waals surface area contributed by atoms with Gasteiger partial charge in [-0.1, -0.05) is 157 Å². The smallest absolute Gasteiger partial charge is 0.232 e. The third kappa shape index (κ3) is 32.1. The van der Waals surface area contributed by atoms with Gasteiger partial charge < -0.3 is 28.4 Å². The normalized spacial score (nSPS) is 17.1. The zero-order valence-electron chi connectivity index (χ0n) is 50.9. The lowest BCUT2D eigenvalue weighted by Gasteiger charge is -2.48. The Labute approximate surface area is 488 Å². The summed E-state index contributed by atoms with van der Waals surface area (Å²) in [7, 11) is -4.90. The van der Waals surface area contributed by atoms with Gasteiger partial charge in [0.05, 0.1) is 44.0 Å². The van der Waals surface area contributed by atoms with Gasteiger partial charge in [0.15, 0.2) is 22.9 Å². The third-order valence-corrected chi connectivity index (χ3v) is 23.9. The van der Waals surface area contributed by atoms with Crippen LogP contribution in [0.2, 0.25) is 36.3 Å². The Hall–Kier alpha value is -6.27. The third-order valence-electron chi connectivity index (χ3n) is 14.9. The number of carbonyl (C=O) groups is 1. The number of unbranched alkanes of at least 4 members (excludes halogenated alkanes) is 11. The van der Waals surface area contributed by atoms with E-state index in [9.17, 15) is 4.79 Å². The van der Waals surface area contributed by atoms with Crippen LogP contribution in [0.5, 0.6) is 0 Å². The summed E-state index contributed by atoms with van der Waals surface area (Å²) in [4.78, 5) is 17.0. The summed E-state index contributed by atoms with van der Waals surface area (Å²) in [6.45, 7) is 32.8. The molecular weight excluding hydrogens is 1020 g/mol. The van der Waals surface area contributed by atoms with Crippen molar-refractivity contribution in [1.82, 2.24) is 5.32 Å². The molecule has 2 unspecified atom stereocenters. The lowest BCUT2D eigenvalue weighted by Crippen LogP contribution is -2.60. The summed E-state index contributed by atoms with van der Waals surface area (Å²) in [6, 6.07) is -0.610. The van der Waals surface area contributed by atoms with Crippen LogP contribution in [0.1, 0.15) is 166 Å². The molecule has 1 aliphatic heterocycles. The average Bonchev–Trinajstić information content (AvgIpc) is 3.39. The van der Waals surface area contributed by atoms with Crippen LogP contribution in [0.25, 0.3) is 10.4 Å². The molecule has 12 heteroatoms. The van der Waals surface area contributed by atoms with Gasteiger partial charge in [0.1, 0.15) is 0 Å². The number of hydrogen-bond acceptors (Lipinski definition) is 7. The SMILES string of the molecule is C#CC#CC#CC#CC#CC#CC#CC#CC#CC#CC#CC#CCC(=O)N[C@@H](CO[C@H]1OC(COCCCN=[N+]=[N-])[C@H](C)[C@H](C)C1C)[C@H](O[Si](C)(C)C(C)(C)C)[C@@H](CCCCCCCCCCCCCC)O[Si](C)(C)C(C)(C)C. The number of azide groups is 1. The number of carbonyl (C=O) groups excluding carboxylic acids is 1. The standard InChI is InChI=1S/C68H90N4O6Si2/c1-16-18-20-22-24-26-28-30-31-32-33-34-35-36-37-38-39-40-42-44-46-48-50-53-64(73)71-61(56-75-66-60(5)58(3)59(4)63(76-66)57-74-55-51-54-70-72-69)65(78-80(14,15)68(9,10)11)62(77-79(12,13)67(6,7)8)52-49-47-45-43-41-29-27-25-23-21-19-17-2/h1,58-63,65-66H,17,19,21,23,25,27,29,41,43,45,47,49,51-57H2,2-15H3,(H,71,73)/t58-,59+,60?,61-,62+,63?,65-,66-/m0/s1. The van der Waals surface area contributed by atoms with Crippen LogP contribution in [0, 0.1) is 160 Å². The first-order chi connectivity index (χ1) is 38.1. The van der Waals surface area contributed by atoms with E-state index >= 15 is 0 Å². The van der Waals surface area contributed by atoms with Crippen molar-refractivity contribution in [1.29, 1.82) is 0 Å². The summed E-state index contributed by atoms with van der Waals surface area (Å²) >= 11 is 0. The molecule has 1 amide bonds. The Morgan fingerprint density at radius 1 is 0.625 bits per heavy atom. The van der Waals surface area contributed by atoms with Gasteiger partial charge in [0.25, 0.3) is 0 Å². The van der Waals surface area contributed by atoms with E-state index in [1.807, 2.05) is 0 Å². The number of nitrogens with zero attached hydrogens (tertiary/aromatic N) is 3. The van der Waals surface area contributed by atoms with Crippen molar-refractivity contribution >= 4 is 22.5 Å². The highest BCUT2D eigenvalue weighted by molar-refractivity contribution is 6.74. The Balaban J connectivity index is 3.54. The van der Waals surface area contributed by atoms with E-state index in [0.717, 1.165) is 19.3 Å². The van der Waals surface area contributed by atoms with Gasteiger partial charge >= 0.3 is 0 Å². The topological polar surface area (TPSA) is 124 Å². The van der Waals surface area contributed by atoms with Gasteiger partial charge in [0.2, 0.25) is 5.91 Å². The lowest BCUT2D eigenvalue weighted by atomic mass is 9.79. The fraction of sp³-hybridized carbons (Fsp3) is 0.632. The maximum atomic E-state index is 14.2. The highest BCUT2D eigenvalue weighted by atomic mass is 28.4. The van der Waals surface area contributed by atoms with Gasteiger partial charge in [-0.15, -0.1) is 6.42 Å². The fourth-order valence-corrected chi connectivity index (χ4v) is 10.5. The van der Waals surface area contributed by atoms with E-state index in [-0.39, 0.29) is 59.0 Å². The number of rotatable bonds is 30. The van der Waals surface area contributed by atoms with Crippen LogP contribution in [0.4, 0.5) is 0 Å². The largest absolute Gasteiger partial charge is 0.411 e. The second-order valence-electron chi connectivity index (χ2n) is 23.1. The summed E-state index contributed by atoms with van der Waals surface area (Å²) in [5.41, 5.74) is 8.70. The summed E-state index contributed by atoms with van der Waals surface area (Å²) in [6.07, 6.45) is 19.7. The Morgan fingerprint density at radius 2 is 1.06 bits per heavy atom. The Bertz CT molecular complexity index is 2770. The molecule has 0 spiro atoms. The van der Waals surface area contributed by atoms with E-state index in [4.69, 9.17) is 35.0 Å². The van der Waals surface area contributed by atoms with E-state index in [0.29, 0.717) is 26.2 Å². The number of hydrogen-bond donors (Lipinski definition) is 1. The van der Waals surface area contributed by atoms with Crippen LogP contribution in [0.3, 0.4) is 0 Å². The van der Waals surface area contributed by atoms with Crippen LogP contribution in [-0.2, 0) is 27.9 Å². The molecule has 8 atom stereocenters. The van der Waals surface area contributed by atoms with E-state index < -0.39 is 35.1 Å². The minimum absolute atomic E-state index is 0.0480. The van der Waals surface area contributed by atoms with Crippen molar-refractivity contribution in [2.45, 2.75) is 232 Å². The van der Waals surface area contributed by atoms with E-state index in [1.54, 1.807) is 0 Å². The molecule has 1 rings (SSSR count). The summed E-state index contributed by atoms with van der Waals surface area (Å²) in [5, 5.41) is 6.78. The number of ether oxygens (including phenoxy) is 3. The number of amides is 1. The van der Waals surface area contributed by atoms with Crippen molar-refractivity contribution in [2.75, 3.05) is 26.4 Å². The van der Waals surface area contributed by atoms with Gasteiger partial charge in [0, 0.05) is 59.5 Å². The first kappa shape index (κ1) is 71.7. The highest BCUT2D eigenvalue weighted by Crippen LogP contribution is 2.42. The fourth-order valence-electron chi connectivity index (χ4n) is 7.79. The molecule has 0 saturated carbocycles. The van der Waals surface area contributed by atoms with Crippen molar-refractivity contribution in [3.8, 4) is 143 Å². The van der Waals surface area contributed by atoms with Gasteiger partial charge in [-0.25, -0.2) is 0 Å². The second-order valence-corrected chi connectivity index (χ2v) is 32.6. The monoisotopic (exact) mass is 1110 g/mol. The van der Waals surface area contributed by atoms with Crippen LogP contribution < -0.4 is 5.32 Å². The molecule has 426 valence electrons. The Morgan fingerprint density at radius 3 is 1.51 bits per heavy atom. The zero-order chi connectivity index (χ0) is 59.6. The maximum absolute atomic E-state index is 14.2. The predicted molar refractivity (Wildman–Crippen MR) is 332 cm³/mol. The average molecular weight is 1120 g/mol. The molecule has 0 aromatic heterocycles. The molecule has 80 heavy (non-hydrogen) atoms. The summed E-state index contributed by atoms with van der Waals surface area (Å²) < 4.78 is 34.7. The van der Waals surface area contributed by atoms with Crippen LogP contribution in [0.15, 0.2) is 5.11 Å². The molecule has 0 radical (unpaired) electrons. The molecule has 0 bridgehead atoms. The predicted octanol–water partition coefficient (Wildman–Crippen LogP) is 12.8. The molecule has 1 aliphatic rings. The van der Waals surface area contributed by atoms with E-state index in [1.165, 1.54) is 64.2 Å². The first-order valence-corrected chi connectivity index (χ1v) is 34.4. The molecule has 1 N–H and O–H groups in total. The molecule has 0 aromatic rings. The first-order valence-electron chi connectivity index (χ1n) is 28.6. The lowest BCUT2D eigenvalue weighted by molar-refractivity contribution is -0.260. The minimum Gasteiger partial charge on any atom is -0.411 e. The maximum Gasteiger partial charge on any atom is 0.232 e. The number of terminal acetylenes is 1. The van der Waals surface area contributed by atoms with Crippen molar-refractivity contribution in [3.63, 3.8) is 0 Å². The van der Waals surface area contributed by atoms with Gasteiger partial charge in [-0.2, -0.15) is 0 Å². The zero-order valence-corrected chi connectivity index (χ0v) is 52.9.